The summed E-state index contributed by atoms with van der Waals surface area (Å²) in [6, 6.07) is 0. The molecular formula is C10H13N3S. The molecule has 2 rings (SSSR count). The van der Waals surface area contributed by atoms with Crippen molar-refractivity contribution in [3.8, 4) is 0 Å². The highest BCUT2D eigenvalue weighted by Gasteiger charge is 2.10. The zero-order valence-electron chi connectivity index (χ0n) is 8.59. The van der Waals surface area contributed by atoms with Crippen molar-refractivity contribution in [1.82, 2.24) is 9.97 Å². The molecule has 3 nitrogen and oxygen atoms in total. The fourth-order valence-electron chi connectivity index (χ4n) is 1.48. The lowest BCUT2D eigenvalue weighted by Gasteiger charge is -2.03. The van der Waals surface area contributed by atoms with Crippen molar-refractivity contribution in [2.24, 2.45) is 0 Å². The Morgan fingerprint density at radius 1 is 1.36 bits per heavy atom. The lowest BCUT2D eigenvalue weighted by molar-refractivity contribution is 1.14. The van der Waals surface area contributed by atoms with E-state index in [-0.39, 0.29) is 0 Å². The molecule has 1 N–H and O–H groups in total. The lowest BCUT2D eigenvalue weighted by atomic mass is 10.2. The highest BCUT2D eigenvalue weighted by atomic mass is 32.1. The van der Waals surface area contributed by atoms with Crippen LogP contribution in [0.1, 0.15) is 17.4 Å². The van der Waals surface area contributed by atoms with Gasteiger partial charge in [-0.2, -0.15) is 0 Å². The van der Waals surface area contributed by atoms with Gasteiger partial charge in [0.2, 0.25) is 0 Å². The molecule has 0 atom stereocenters. The average Bonchev–Trinajstić information content (AvgIpc) is 2.45. The zero-order chi connectivity index (χ0) is 10.1. The third-order valence-electron chi connectivity index (χ3n) is 2.31. The summed E-state index contributed by atoms with van der Waals surface area (Å²) in [6.07, 6.45) is 1.62. The molecule has 14 heavy (non-hydrogen) atoms. The number of hydrogen-bond acceptors (Lipinski definition) is 4. The first-order chi connectivity index (χ1) is 6.74. The van der Waals surface area contributed by atoms with Crippen molar-refractivity contribution >= 4 is 27.4 Å². The van der Waals surface area contributed by atoms with E-state index in [0.717, 1.165) is 17.2 Å². The average molecular weight is 207 g/mol. The van der Waals surface area contributed by atoms with Gasteiger partial charge in [0.05, 0.1) is 5.39 Å². The minimum Gasteiger partial charge on any atom is -0.370 e. The molecular weight excluding hydrogens is 194 g/mol. The Morgan fingerprint density at radius 2 is 2.14 bits per heavy atom. The summed E-state index contributed by atoms with van der Waals surface area (Å²) in [7, 11) is 0. The highest BCUT2D eigenvalue weighted by molar-refractivity contribution is 7.18. The second kappa shape index (κ2) is 3.53. The number of nitrogens with one attached hydrogen (secondary N) is 1. The topological polar surface area (TPSA) is 37.8 Å². The van der Waals surface area contributed by atoms with Crippen molar-refractivity contribution in [3.05, 3.63) is 16.8 Å². The van der Waals surface area contributed by atoms with Crippen molar-refractivity contribution in [1.29, 1.82) is 0 Å². The molecule has 0 saturated heterocycles. The molecule has 0 fully saturated rings. The third-order valence-corrected chi connectivity index (χ3v) is 3.42. The van der Waals surface area contributed by atoms with Crippen LogP contribution < -0.4 is 5.32 Å². The van der Waals surface area contributed by atoms with Gasteiger partial charge in [0.15, 0.2) is 0 Å². The molecule has 0 radical (unpaired) electrons. The van der Waals surface area contributed by atoms with Crippen LogP contribution in [0.3, 0.4) is 0 Å². The third kappa shape index (κ3) is 1.35. The molecule has 2 heterocycles. The zero-order valence-corrected chi connectivity index (χ0v) is 9.40. The van der Waals surface area contributed by atoms with Crippen molar-refractivity contribution < 1.29 is 0 Å². The van der Waals surface area contributed by atoms with E-state index in [4.69, 9.17) is 0 Å². The van der Waals surface area contributed by atoms with Crippen LogP contribution in [0.5, 0.6) is 0 Å². The van der Waals surface area contributed by atoms with Crippen molar-refractivity contribution in [2.45, 2.75) is 20.8 Å². The van der Waals surface area contributed by atoms with E-state index in [1.807, 2.05) is 0 Å². The van der Waals surface area contributed by atoms with E-state index >= 15 is 0 Å². The normalized spacial score (nSPS) is 10.8. The van der Waals surface area contributed by atoms with Gasteiger partial charge in [-0.3, -0.25) is 0 Å². The molecule has 74 valence electrons. The number of hydrogen-bond donors (Lipinski definition) is 1. The quantitative estimate of drug-likeness (QED) is 0.822. The summed E-state index contributed by atoms with van der Waals surface area (Å²) in [5.41, 5.74) is 1.29. The molecule has 0 aliphatic rings. The number of aryl methyl sites for hydroxylation is 2. The van der Waals surface area contributed by atoms with Crippen LogP contribution in [-0.2, 0) is 0 Å². The van der Waals surface area contributed by atoms with E-state index in [1.54, 1.807) is 17.7 Å². The number of thiophene rings is 1. The van der Waals surface area contributed by atoms with Crippen molar-refractivity contribution in [2.75, 3.05) is 11.9 Å². The number of anilines is 1. The van der Waals surface area contributed by atoms with E-state index in [0.29, 0.717) is 0 Å². The van der Waals surface area contributed by atoms with Crippen LogP contribution in [0.25, 0.3) is 10.2 Å². The van der Waals surface area contributed by atoms with Gasteiger partial charge >= 0.3 is 0 Å². The van der Waals surface area contributed by atoms with Gasteiger partial charge in [-0.1, -0.05) is 0 Å². The largest absolute Gasteiger partial charge is 0.370 e. The number of nitrogens with zero attached hydrogens (tertiary/aromatic N) is 2. The van der Waals surface area contributed by atoms with Gasteiger partial charge in [0, 0.05) is 11.4 Å². The molecule has 0 aliphatic heterocycles. The van der Waals surface area contributed by atoms with Gasteiger partial charge < -0.3 is 5.32 Å². The molecule has 0 amide bonds. The maximum Gasteiger partial charge on any atom is 0.138 e. The van der Waals surface area contributed by atoms with E-state index in [9.17, 15) is 0 Å². The highest BCUT2D eigenvalue weighted by Crippen LogP contribution is 2.32. The van der Waals surface area contributed by atoms with Gasteiger partial charge in [0.25, 0.3) is 0 Å². The fourth-order valence-corrected chi connectivity index (χ4v) is 2.48. The SMILES string of the molecule is CCNc1ncnc2sc(C)c(C)c12. The molecule has 0 spiro atoms. The van der Waals surface area contributed by atoms with Crippen molar-refractivity contribution in [3.63, 3.8) is 0 Å². The predicted octanol–water partition coefficient (Wildman–Crippen LogP) is 2.74. The molecule has 0 aromatic carbocycles. The van der Waals surface area contributed by atoms with Crippen LogP contribution in [0.4, 0.5) is 5.82 Å². The van der Waals surface area contributed by atoms with Crippen LogP contribution in [0.15, 0.2) is 6.33 Å². The summed E-state index contributed by atoms with van der Waals surface area (Å²) < 4.78 is 0. The Bertz CT molecular complexity index is 462. The lowest BCUT2D eigenvalue weighted by Crippen LogP contribution is -2.00. The fraction of sp³-hybridized carbons (Fsp3) is 0.400. The molecule has 2 aromatic heterocycles. The smallest absolute Gasteiger partial charge is 0.138 e. The van der Waals surface area contributed by atoms with Crippen LogP contribution >= 0.6 is 11.3 Å². The maximum atomic E-state index is 4.27. The van der Waals surface area contributed by atoms with E-state index < -0.39 is 0 Å². The summed E-state index contributed by atoms with van der Waals surface area (Å²) in [5.74, 6) is 0.958. The Morgan fingerprint density at radius 3 is 2.86 bits per heavy atom. The summed E-state index contributed by atoms with van der Waals surface area (Å²) in [5, 5.41) is 4.44. The van der Waals surface area contributed by atoms with Crippen LogP contribution in [-0.4, -0.2) is 16.5 Å². The monoisotopic (exact) mass is 207 g/mol. The molecule has 0 saturated carbocycles. The molecule has 0 bridgehead atoms. The Labute approximate surface area is 87.2 Å². The molecule has 4 heteroatoms. The summed E-state index contributed by atoms with van der Waals surface area (Å²) in [6.45, 7) is 7.21. The van der Waals surface area contributed by atoms with Crippen LogP contribution in [0.2, 0.25) is 0 Å². The van der Waals surface area contributed by atoms with Gasteiger partial charge in [-0.15, -0.1) is 11.3 Å². The summed E-state index contributed by atoms with van der Waals surface area (Å²) >= 11 is 1.73. The van der Waals surface area contributed by atoms with Crippen LogP contribution in [0, 0.1) is 13.8 Å². The standard InChI is InChI=1S/C10H13N3S/c1-4-11-9-8-6(2)7(3)14-10(8)13-5-12-9/h5H,4H2,1-3H3,(H,11,12,13). The molecule has 0 aliphatic carbocycles. The second-order valence-corrected chi connectivity index (χ2v) is 4.42. The Balaban J connectivity index is 2.71. The first-order valence-electron chi connectivity index (χ1n) is 4.68. The Kier molecular flexibility index (Phi) is 2.37. The number of rotatable bonds is 2. The number of aromatic nitrogens is 2. The van der Waals surface area contributed by atoms with Gasteiger partial charge in [-0.25, -0.2) is 9.97 Å². The number of fused-ring (bicyclic) bond motifs is 1. The molecule has 0 unspecified atom stereocenters. The van der Waals surface area contributed by atoms with E-state index in [1.165, 1.54) is 15.8 Å². The second-order valence-electron chi connectivity index (χ2n) is 3.22. The Hall–Kier alpha value is -1.16. The minimum atomic E-state index is 0.889. The predicted molar refractivity (Wildman–Crippen MR) is 61.1 cm³/mol. The minimum absolute atomic E-state index is 0.889. The first-order valence-corrected chi connectivity index (χ1v) is 5.50. The van der Waals surface area contributed by atoms with Gasteiger partial charge in [0.1, 0.15) is 17.0 Å². The maximum absolute atomic E-state index is 4.27. The van der Waals surface area contributed by atoms with Gasteiger partial charge in [-0.05, 0) is 26.3 Å². The summed E-state index contributed by atoms with van der Waals surface area (Å²) in [4.78, 5) is 10.9. The molecule has 2 aromatic rings. The van der Waals surface area contributed by atoms with E-state index in [2.05, 4.69) is 36.1 Å². The first kappa shape index (κ1) is 9.40.